The third kappa shape index (κ3) is 5.88. The summed E-state index contributed by atoms with van der Waals surface area (Å²) in [4.78, 5) is 57.9. The van der Waals surface area contributed by atoms with Crippen LogP contribution in [-0.2, 0) is 17.4 Å². The number of carbonyl (C=O) groups is 2. The van der Waals surface area contributed by atoms with E-state index in [-0.39, 0.29) is 78.0 Å². The summed E-state index contributed by atoms with van der Waals surface area (Å²) in [6.07, 6.45) is -2.47. The smallest absolute Gasteiger partial charge is 0.416 e. The normalized spacial score (nSPS) is 18.2. The summed E-state index contributed by atoms with van der Waals surface area (Å²) < 4.78 is 48.4. The quantitative estimate of drug-likeness (QED) is 0.260. The van der Waals surface area contributed by atoms with E-state index in [1.165, 1.54) is 15.7 Å². The summed E-state index contributed by atoms with van der Waals surface area (Å²) in [7, 11) is 0. The maximum Gasteiger partial charge on any atom is 0.416 e. The predicted molar refractivity (Wildman–Crippen MR) is 186 cm³/mol. The van der Waals surface area contributed by atoms with E-state index >= 15 is 0 Å². The van der Waals surface area contributed by atoms with Crippen LogP contribution in [0.3, 0.4) is 0 Å². The first kappa shape index (κ1) is 34.4. The highest BCUT2D eigenvalue weighted by Gasteiger charge is 2.41. The molecule has 3 aliphatic heterocycles. The Labute approximate surface area is 303 Å². The molecule has 0 unspecified atom stereocenters. The first-order valence-corrected chi connectivity index (χ1v) is 17.2. The van der Waals surface area contributed by atoms with Crippen molar-refractivity contribution in [3.8, 4) is 22.9 Å². The van der Waals surface area contributed by atoms with Crippen molar-refractivity contribution in [2.45, 2.75) is 44.8 Å². The number of hydrogen-bond acceptors (Lipinski definition) is 10. The number of rotatable bonds is 5. The number of alkyl halides is 3. The van der Waals surface area contributed by atoms with Crippen molar-refractivity contribution in [3.63, 3.8) is 0 Å². The number of aromatic nitrogens is 6. The topological polar surface area (TPSA) is 160 Å². The van der Waals surface area contributed by atoms with E-state index in [4.69, 9.17) is 21.3 Å². The molecule has 5 aromatic rings. The average Bonchev–Trinajstić information content (AvgIpc) is 3.87. The molecule has 3 aromatic heterocycles. The van der Waals surface area contributed by atoms with E-state index in [9.17, 15) is 32.7 Å². The lowest BCUT2D eigenvalue weighted by Crippen LogP contribution is -2.51. The minimum atomic E-state index is -4.62. The number of carbonyl (C=O) groups excluding carboxylic acids is 2. The average molecular weight is 750 g/mol. The molecule has 0 spiro atoms. The van der Waals surface area contributed by atoms with Crippen LogP contribution in [0.1, 0.15) is 58.3 Å². The van der Waals surface area contributed by atoms with Crippen molar-refractivity contribution in [1.29, 1.82) is 0 Å². The number of aryl methyl sites for hydroxylation is 1. The number of fused-ring (bicyclic) bond motifs is 4. The molecule has 6 heterocycles. The van der Waals surface area contributed by atoms with E-state index in [1.807, 2.05) is 24.0 Å². The van der Waals surface area contributed by atoms with Crippen LogP contribution in [0.2, 0.25) is 5.02 Å². The maximum absolute atomic E-state index is 14.5. The van der Waals surface area contributed by atoms with Crippen molar-refractivity contribution < 1.29 is 32.6 Å². The Hall–Kier alpha value is -5.71. The number of hydrogen-bond donors (Lipinski definition) is 2. The summed E-state index contributed by atoms with van der Waals surface area (Å²) in [5, 5.41) is 17.4. The number of aromatic hydroxyl groups is 1. The molecule has 18 heteroatoms. The number of anilines is 2. The Kier molecular flexibility index (Phi) is 8.27. The number of nitrogens with one attached hydrogen (secondary N) is 1. The van der Waals surface area contributed by atoms with Gasteiger partial charge in [0, 0.05) is 44.1 Å². The van der Waals surface area contributed by atoms with Crippen LogP contribution in [0.15, 0.2) is 47.5 Å². The molecule has 2 amide bonds. The lowest BCUT2D eigenvalue weighted by atomic mass is 10.0. The highest BCUT2D eigenvalue weighted by molar-refractivity contribution is 6.33. The molecule has 8 rings (SSSR count). The summed E-state index contributed by atoms with van der Waals surface area (Å²) in [5.41, 5.74) is 1.18. The van der Waals surface area contributed by atoms with Gasteiger partial charge in [-0.3, -0.25) is 19.0 Å². The van der Waals surface area contributed by atoms with Crippen molar-refractivity contribution in [2.75, 3.05) is 43.0 Å². The van der Waals surface area contributed by atoms with Gasteiger partial charge < -0.3 is 25.0 Å². The molecule has 2 N–H and O–H groups in total. The highest BCUT2D eigenvalue weighted by Crippen LogP contribution is 2.43. The van der Waals surface area contributed by atoms with Crippen LogP contribution in [-0.4, -0.2) is 83.7 Å². The molecular weight excluding hydrogens is 719 g/mol. The second-order valence-corrected chi connectivity index (χ2v) is 13.7. The number of ether oxygens (including phenoxy) is 1. The van der Waals surface area contributed by atoms with Crippen molar-refractivity contribution in [1.82, 2.24) is 34.0 Å². The predicted octanol–water partition coefficient (Wildman–Crippen LogP) is 4.62. The Morgan fingerprint density at radius 2 is 1.85 bits per heavy atom. The summed E-state index contributed by atoms with van der Waals surface area (Å²) in [6, 6.07) is 7.26. The summed E-state index contributed by atoms with van der Waals surface area (Å²) >= 11 is 6.20. The van der Waals surface area contributed by atoms with E-state index in [0.29, 0.717) is 30.0 Å². The second-order valence-electron chi connectivity index (χ2n) is 13.2. The molecular formula is C35H31ClF3N9O5. The van der Waals surface area contributed by atoms with Crippen LogP contribution in [0.25, 0.3) is 17.2 Å². The van der Waals surface area contributed by atoms with Gasteiger partial charge in [0.2, 0.25) is 11.7 Å². The first-order valence-electron chi connectivity index (χ1n) is 16.8. The number of halogens is 4. The van der Waals surface area contributed by atoms with Gasteiger partial charge in [0.25, 0.3) is 11.5 Å². The van der Waals surface area contributed by atoms with Gasteiger partial charge in [-0.05, 0) is 55.3 Å². The molecule has 1 fully saturated rings. The van der Waals surface area contributed by atoms with Crippen molar-refractivity contribution in [2.24, 2.45) is 0 Å². The van der Waals surface area contributed by atoms with Gasteiger partial charge in [-0.25, -0.2) is 9.97 Å². The lowest BCUT2D eigenvalue weighted by molar-refractivity contribution is -0.137. The lowest BCUT2D eigenvalue weighted by Gasteiger charge is -2.36. The Morgan fingerprint density at radius 3 is 2.58 bits per heavy atom. The minimum Gasteiger partial charge on any atom is -0.504 e. The fourth-order valence-electron chi connectivity index (χ4n) is 7.24. The van der Waals surface area contributed by atoms with E-state index < -0.39 is 35.2 Å². The minimum absolute atomic E-state index is 0.00344. The third-order valence-corrected chi connectivity index (χ3v) is 10.3. The Morgan fingerprint density at radius 1 is 1.08 bits per heavy atom. The Bertz CT molecular complexity index is 2390. The van der Waals surface area contributed by atoms with Gasteiger partial charge in [-0.15, -0.1) is 5.10 Å². The zero-order valence-electron chi connectivity index (χ0n) is 28.3. The fraction of sp³-hybridized carbons (Fsp3) is 0.343. The van der Waals surface area contributed by atoms with Gasteiger partial charge in [0.1, 0.15) is 23.8 Å². The SMILES string of the molecule is Cc1ncnc(C(=O)N2CCN(c3c4n(c5nc(-c6ccc7c(c6)CCO7)nn5c3=O)[C@@H](C(=O)Nc3ccc(C(F)(F)F)cc3Cl)C[C@H]4C)CC2)c1O. The van der Waals surface area contributed by atoms with Crippen LogP contribution in [0, 0.1) is 6.92 Å². The number of piperazine rings is 1. The molecule has 14 nitrogen and oxygen atoms in total. The molecule has 0 bridgehead atoms. The molecule has 0 aliphatic carbocycles. The molecule has 3 aliphatic rings. The first-order chi connectivity index (χ1) is 25.3. The van der Waals surface area contributed by atoms with Crippen LogP contribution >= 0.6 is 11.6 Å². The number of nitrogens with zero attached hydrogens (tertiary/aromatic N) is 8. The zero-order valence-corrected chi connectivity index (χ0v) is 29.1. The molecule has 0 radical (unpaired) electrons. The van der Waals surface area contributed by atoms with Crippen molar-refractivity contribution in [3.05, 3.63) is 86.3 Å². The van der Waals surface area contributed by atoms with Gasteiger partial charge in [-0.2, -0.15) is 22.7 Å². The van der Waals surface area contributed by atoms with Crippen LogP contribution in [0.4, 0.5) is 24.5 Å². The standard InChI is InChI=1S/C35H31ClF3N9O5/c1-17-13-24(31(50)42-23-5-4-21(15-22(23)36)35(37,38)39)47-27(17)28(45-8-10-46(11-9-45)32(51)26-29(49)18(2)40-16-41-26)33(52)48-34(47)43-30(44-48)20-3-6-25-19(14-20)7-12-53-25/h3-6,14-17,24,49H,7-13H2,1-2H3,(H,42,50)/t17-,24-/m1/s1. The Balaban J connectivity index is 1.18. The molecule has 2 aromatic carbocycles. The van der Waals surface area contributed by atoms with E-state index in [1.54, 1.807) is 17.6 Å². The summed E-state index contributed by atoms with van der Waals surface area (Å²) in [6.45, 7) is 4.86. The van der Waals surface area contributed by atoms with Crippen LogP contribution < -0.4 is 20.5 Å². The fourth-order valence-corrected chi connectivity index (χ4v) is 7.47. The molecule has 0 saturated carbocycles. The second kappa shape index (κ2) is 12.8. The van der Waals surface area contributed by atoms with E-state index in [2.05, 4.69) is 20.4 Å². The number of amides is 2. The van der Waals surface area contributed by atoms with Crippen LogP contribution in [0.5, 0.6) is 11.5 Å². The van der Waals surface area contributed by atoms with Gasteiger partial charge >= 0.3 is 6.18 Å². The molecule has 274 valence electrons. The van der Waals surface area contributed by atoms with Gasteiger partial charge in [-0.1, -0.05) is 18.5 Å². The maximum atomic E-state index is 14.5. The monoisotopic (exact) mass is 749 g/mol. The zero-order chi connectivity index (χ0) is 37.3. The molecule has 2 atom stereocenters. The number of benzene rings is 2. The third-order valence-electron chi connectivity index (χ3n) is 9.95. The van der Waals surface area contributed by atoms with E-state index in [0.717, 1.165) is 29.5 Å². The molecule has 53 heavy (non-hydrogen) atoms. The van der Waals surface area contributed by atoms with Crippen molar-refractivity contribution >= 4 is 40.6 Å². The summed E-state index contributed by atoms with van der Waals surface area (Å²) in [5.74, 6) is -0.555. The van der Waals surface area contributed by atoms with Gasteiger partial charge in [0.15, 0.2) is 17.3 Å². The highest BCUT2D eigenvalue weighted by atomic mass is 35.5. The largest absolute Gasteiger partial charge is 0.504 e. The van der Waals surface area contributed by atoms with Gasteiger partial charge in [0.05, 0.1) is 34.3 Å². The molecule has 1 saturated heterocycles.